The van der Waals surface area contributed by atoms with E-state index in [2.05, 4.69) is 55.1 Å². The highest BCUT2D eigenvalue weighted by Gasteiger charge is 2.55. The van der Waals surface area contributed by atoms with Gasteiger partial charge in [0.25, 0.3) is 5.66 Å². The van der Waals surface area contributed by atoms with Crippen LogP contribution in [0.1, 0.15) is 40.5 Å². The monoisotopic (exact) mass is 281 g/mol. The van der Waals surface area contributed by atoms with Gasteiger partial charge in [0.05, 0.1) is 12.8 Å². The molecule has 0 unspecified atom stereocenters. The van der Waals surface area contributed by atoms with Gasteiger partial charge >= 0.3 is 0 Å². The summed E-state index contributed by atoms with van der Waals surface area (Å²) in [6.45, 7) is 19.7. The van der Waals surface area contributed by atoms with Crippen molar-refractivity contribution >= 4 is 0 Å². The predicted octanol–water partition coefficient (Wildman–Crippen LogP) is 1.02. The second-order valence-corrected chi connectivity index (χ2v) is 7.15. The Morgan fingerprint density at radius 2 is 1.65 bits per heavy atom. The van der Waals surface area contributed by atoms with Crippen LogP contribution in [0.5, 0.6) is 0 Å². The van der Waals surface area contributed by atoms with Crippen molar-refractivity contribution in [2.45, 2.75) is 57.3 Å². The van der Waals surface area contributed by atoms with Crippen LogP contribution >= 0.6 is 0 Å². The van der Waals surface area contributed by atoms with Gasteiger partial charge in [-0.3, -0.25) is 9.74 Å². The summed E-state index contributed by atoms with van der Waals surface area (Å²) in [5, 5.41) is 6.76. The Kier molecular flexibility index (Phi) is 5.56. The lowest BCUT2D eigenvalue weighted by Gasteiger charge is -2.54. The molecule has 0 aliphatic carbocycles. The quantitative estimate of drug-likeness (QED) is 0.503. The Labute approximate surface area is 124 Å². The van der Waals surface area contributed by atoms with Crippen LogP contribution in [0.25, 0.3) is 4.85 Å². The highest BCUT2D eigenvalue weighted by molar-refractivity contribution is 5.12. The molecular formula is C15H31N5. The van der Waals surface area contributed by atoms with Crippen LogP contribution in [0.15, 0.2) is 0 Å². The molecule has 0 aromatic heterocycles. The predicted molar refractivity (Wildman–Crippen MR) is 84.4 cm³/mol. The minimum absolute atomic E-state index is 0.0178. The number of nitrogens with zero attached hydrogens (tertiary/aromatic N) is 2. The zero-order valence-electron chi connectivity index (χ0n) is 13.7. The van der Waals surface area contributed by atoms with Gasteiger partial charge < -0.3 is 11.1 Å². The molecule has 0 spiro atoms. The van der Waals surface area contributed by atoms with Gasteiger partial charge in [0.1, 0.15) is 0 Å². The lowest BCUT2D eigenvalue weighted by Crippen LogP contribution is -2.66. The zero-order chi connectivity index (χ0) is 15.4. The molecule has 0 atom stereocenters. The molecule has 1 aliphatic heterocycles. The van der Waals surface area contributed by atoms with E-state index >= 15 is 0 Å². The average Bonchev–Trinajstić information content (AvgIpc) is 2.35. The van der Waals surface area contributed by atoms with E-state index in [0.29, 0.717) is 6.54 Å². The van der Waals surface area contributed by atoms with E-state index in [1.165, 1.54) is 0 Å². The van der Waals surface area contributed by atoms with Gasteiger partial charge in [0, 0.05) is 37.3 Å². The van der Waals surface area contributed by atoms with Crippen molar-refractivity contribution in [1.82, 2.24) is 15.5 Å². The first kappa shape index (κ1) is 17.4. The van der Waals surface area contributed by atoms with Crippen LogP contribution in [-0.2, 0) is 0 Å². The second-order valence-electron chi connectivity index (χ2n) is 7.15. The normalized spacial score (nSPS) is 24.2. The minimum atomic E-state index is -0.454. The number of rotatable bonds is 6. The van der Waals surface area contributed by atoms with E-state index in [4.69, 9.17) is 12.3 Å². The Bertz CT molecular complexity index is 338. The molecule has 20 heavy (non-hydrogen) atoms. The van der Waals surface area contributed by atoms with Crippen LogP contribution in [0.4, 0.5) is 0 Å². The Morgan fingerprint density at radius 1 is 1.10 bits per heavy atom. The van der Waals surface area contributed by atoms with Gasteiger partial charge in [0.15, 0.2) is 0 Å². The first-order chi connectivity index (χ1) is 9.19. The molecule has 0 aromatic carbocycles. The molecule has 4 N–H and O–H groups in total. The summed E-state index contributed by atoms with van der Waals surface area (Å²) in [7, 11) is 2.16. The molecule has 1 saturated heterocycles. The van der Waals surface area contributed by atoms with E-state index in [1.54, 1.807) is 0 Å². The first-order valence-corrected chi connectivity index (χ1v) is 7.47. The van der Waals surface area contributed by atoms with Crippen molar-refractivity contribution in [3.63, 3.8) is 0 Å². The van der Waals surface area contributed by atoms with Crippen LogP contribution in [-0.4, -0.2) is 54.9 Å². The van der Waals surface area contributed by atoms with Crippen LogP contribution in [0, 0.1) is 6.57 Å². The van der Waals surface area contributed by atoms with E-state index < -0.39 is 5.66 Å². The van der Waals surface area contributed by atoms with E-state index in [9.17, 15) is 0 Å². The van der Waals surface area contributed by atoms with Crippen LogP contribution in [0.2, 0.25) is 0 Å². The highest BCUT2D eigenvalue weighted by Crippen LogP contribution is 2.42. The largest absolute Gasteiger partial charge is 0.329 e. The van der Waals surface area contributed by atoms with Gasteiger partial charge in [0.2, 0.25) is 0 Å². The molecule has 0 amide bonds. The molecular weight excluding hydrogens is 250 g/mol. The molecule has 5 nitrogen and oxygen atoms in total. The van der Waals surface area contributed by atoms with Crippen molar-refractivity contribution in [2.75, 3.05) is 33.2 Å². The lowest BCUT2D eigenvalue weighted by molar-refractivity contribution is -0.0380. The van der Waals surface area contributed by atoms with Crippen molar-refractivity contribution in [1.29, 1.82) is 0 Å². The van der Waals surface area contributed by atoms with Gasteiger partial charge in [-0.25, -0.2) is 11.9 Å². The average molecular weight is 281 g/mol. The summed E-state index contributed by atoms with van der Waals surface area (Å²) >= 11 is 0. The number of hydrogen-bond acceptors (Lipinski definition) is 4. The third-order valence-electron chi connectivity index (χ3n) is 4.56. The first-order valence-electron chi connectivity index (χ1n) is 7.47. The van der Waals surface area contributed by atoms with Crippen molar-refractivity contribution in [3.8, 4) is 0 Å². The molecule has 1 fully saturated rings. The number of piperidine rings is 1. The summed E-state index contributed by atoms with van der Waals surface area (Å²) in [4.78, 5) is 6.38. The molecule has 5 heteroatoms. The molecule has 0 aromatic rings. The summed E-state index contributed by atoms with van der Waals surface area (Å²) in [5.74, 6) is 0. The molecule has 0 radical (unpaired) electrons. The zero-order valence-corrected chi connectivity index (χ0v) is 13.7. The van der Waals surface area contributed by atoms with Crippen LogP contribution < -0.4 is 16.4 Å². The smallest absolute Gasteiger partial charge is 0.289 e. The molecule has 1 rings (SSSR count). The van der Waals surface area contributed by atoms with Gasteiger partial charge in [-0.15, -0.1) is 0 Å². The third-order valence-corrected chi connectivity index (χ3v) is 4.56. The molecule has 1 aliphatic rings. The van der Waals surface area contributed by atoms with Gasteiger partial charge in [-0.05, 0) is 34.7 Å². The second kappa shape index (κ2) is 6.40. The van der Waals surface area contributed by atoms with E-state index in [-0.39, 0.29) is 11.1 Å². The topological polar surface area (TPSA) is 57.7 Å². The maximum atomic E-state index is 7.68. The highest BCUT2D eigenvalue weighted by atomic mass is 15.3. The van der Waals surface area contributed by atoms with E-state index in [0.717, 1.165) is 32.5 Å². The molecule has 0 bridgehead atoms. The Balaban J connectivity index is 2.71. The fourth-order valence-corrected chi connectivity index (χ4v) is 3.40. The molecule has 116 valence electrons. The molecule has 1 heterocycles. The third kappa shape index (κ3) is 3.92. The summed E-state index contributed by atoms with van der Waals surface area (Å²) in [5.41, 5.74) is 5.04. The SMILES string of the molecule is [C-]#[N+]C1(NCCNCCN)CC(C)(C)N(C)C(C)(C)C1. The van der Waals surface area contributed by atoms with Gasteiger partial charge in [-0.1, -0.05) is 0 Å². The molecule has 0 saturated carbocycles. The Morgan fingerprint density at radius 3 is 2.10 bits per heavy atom. The summed E-state index contributed by atoms with van der Waals surface area (Å²) in [6.07, 6.45) is 1.70. The standard InChI is InChI=1S/C15H31N5/c1-13(2)11-15(17-5,12-14(3,4)20(13)6)19-10-9-18-8-7-16/h18-19H,7-12,16H2,1-4,6H3. The maximum absolute atomic E-state index is 7.68. The fourth-order valence-electron chi connectivity index (χ4n) is 3.40. The van der Waals surface area contributed by atoms with Crippen molar-refractivity contribution in [3.05, 3.63) is 11.4 Å². The van der Waals surface area contributed by atoms with E-state index in [1.807, 2.05) is 0 Å². The minimum Gasteiger partial charge on any atom is -0.329 e. The summed E-state index contributed by atoms with van der Waals surface area (Å²) < 4.78 is 0. The fraction of sp³-hybridized carbons (Fsp3) is 0.933. The number of hydrogen-bond donors (Lipinski definition) is 3. The Hall–Kier alpha value is -0.670. The number of nitrogens with two attached hydrogens (primary N) is 1. The van der Waals surface area contributed by atoms with Crippen molar-refractivity contribution in [2.24, 2.45) is 5.73 Å². The number of likely N-dealkylation sites (tertiary alicyclic amines) is 1. The lowest BCUT2D eigenvalue weighted by atomic mass is 9.74. The van der Waals surface area contributed by atoms with Crippen molar-refractivity contribution < 1.29 is 0 Å². The maximum Gasteiger partial charge on any atom is 0.289 e. The summed E-state index contributed by atoms with van der Waals surface area (Å²) in [6, 6.07) is 0. The number of nitrogens with one attached hydrogen (secondary N) is 2. The van der Waals surface area contributed by atoms with Gasteiger partial charge in [-0.2, -0.15) is 0 Å². The van der Waals surface area contributed by atoms with Crippen LogP contribution in [0.3, 0.4) is 0 Å².